The van der Waals surface area contributed by atoms with Crippen molar-refractivity contribution in [3.8, 4) is 11.5 Å². The average Bonchev–Trinajstić information content (AvgIpc) is 2.71. The van der Waals surface area contributed by atoms with Crippen LogP contribution in [0, 0.1) is 0 Å². The lowest BCUT2D eigenvalue weighted by Gasteiger charge is -2.14. The molecule has 0 radical (unpaired) electrons. The third-order valence-electron chi connectivity index (χ3n) is 4.15. The van der Waals surface area contributed by atoms with Gasteiger partial charge in [-0.2, -0.15) is 0 Å². The van der Waals surface area contributed by atoms with Gasteiger partial charge >= 0.3 is 5.97 Å². The fraction of sp³-hybridized carbons (Fsp3) is 0.333. The number of hydrogen-bond donors (Lipinski definition) is 1. The van der Waals surface area contributed by atoms with E-state index in [1.54, 1.807) is 26.4 Å². The van der Waals surface area contributed by atoms with Crippen LogP contribution in [0.2, 0.25) is 5.02 Å². The number of aryl methyl sites for hydroxylation is 1. The number of ether oxygens (including phenoxy) is 3. The first-order valence-electron chi connectivity index (χ1n) is 8.86. The minimum atomic E-state index is -0.889. The van der Waals surface area contributed by atoms with E-state index < -0.39 is 12.1 Å². The summed E-state index contributed by atoms with van der Waals surface area (Å²) in [5, 5.41) is 3.29. The molecule has 1 atom stereocenters. The maximum atomic E-state index is 12.1. The standard InChI is InChI=1S/C21H24ClNO5/c1-14(21(25)23-13-16-6-4-5-7-17(16)22)28-20(24)11-9-15-8-10-18(26-2)19(12-15)27-3/h4-8,10,12,14H,9,11,13H2,1-3H3,(H,23,25)/t14-/m1/s1. The third kappa shape index (κ3) is 6.16. The maximum absolute atomic E-state index is 12.1. The van der Waals surface area contributed by atoms with E-state index in [1.165, 1.54) is 6.92 Å². The largest absolute Gasteiger partial charge is 0.493 e. The average molecular weight is 406 g/mol. The summed E-state index contributed by atoms with van der Waals surface area (Å²) < 4.78 is 15.7. The zero-order valence-electron chi connectivity index (χ0n) is 16.2. The minimum Gasteiger partial charge on any atom is -0.493 e. The molecule has 1 N–H and O–H groups in total. The number of halogens is 1. The molecular formula is C21H24ClNO5. The third-order valence-corrected chi connectivity index (χ3v) is 4.52. The molecule has 0 heterocycles. The summed E-state index contributed by atoms with van der Waals surface area (Å²) in [6, 6.07) is 12.7. The van der Waals surface area contributed by atoms with Gasteiger partial charge in [-0.1, -0.05) is 35.9 Å². The minimum absolute atomic E-state index is 0.150. The monoisotopic (exact) mass is 405 g/mol. The Balaban J connectivity index is 1.80. The summed E-state index contributed by atoms with van der Waals surface area (Å²) in [6.45, 7) is 1.81. The molecule has 28 heavy (non-hydrogen) atoms. The summed E-state index contributed by atoms with van der Waals surface area (Å²) in [5.41, 5.74) is 1.70. The van der Waals surface area contributed by atoms with Crippen LogP contribution in [0.5, 0.6) is 11.5 Å². The number of methoxy groups -OCH3 is 2. The van der Waals surface area contributed by atoms with E-state index in [0.29, 0.717) is 22.9 Å². The molecule has 7 heteroatoms. The van der Waals surface area contributed by atoms with Crippen molar-refractivity contribution in [1.29, 1.82) is 0 Å². The van der Waals surface area contributed by atoms with Gasteiger partial charge in [0.15, 0.2) is 17.6 Å². The van der Waals surface area contributed by atoms with E-state index in [1.807, 2.05) is 30.3 Å². The van der Waals surface area contributed by atoms with Crippen LogP contribution < -0.4 is 14.8 Å². The van der Waals surface area contributed by atoms with Crippen molar-refractivity contribution in [2.75, 3.05) is 14.2 Å². The molecule has 6 nitrogen and oxygen atoms in total. The van der Waals surface area contributed by atoms with Crippen LogP contribution in [0.15, 0.2) is 42.5 Å². The second-order valence-corrected chi connectivity index (χ2v) is 6.54. The molecule has 0 spiro atoms. The molecule has 0 bridgehead atoms. The highest BCUT2D eigenvalue weighted by molar-refractivity contribution is 6.31. The zero-order chi connectivity index (χ0) is 20.5. The first kappa shape index (κ1) is 21.6. The molecule has 2 aromatic carbocycles. The van der Waals surface area contributed by atoms with E-state index in [-0.39, 0.29) is 18.9 Å². The summed E-state index contributed by atoms with van der Waals surface area (Å²) in [5.74, 6) is 0.396. The van der Waals surface area contributed by atoms with Crippen LogP contribution in [-0.4, -0.2) is 32.2 Å². The van der Waals surface area contributed by atoms with Crippen molar-refractivity contribution in [3.63, 3.8) is 0 Å². The van der Waals surface area contributed by atoms with Crippen molar-refractivity contribution >= 4 is 23.5 Å². The number of carbonyl (C=O) groups is 2. The van der Waals surface area contributed by atoms with Gasteiger partial charge in [-0.3, -0.25) is 9.59 Å². The van der Waals surface area contributed by atoms with Crippen LogP contribution in [0.3, 0.4) is 0 Å². The lowest BCUT2D eigenvalue weighted by molar-refractivity contribution is -0.154. The first-order valence-corrected chi connectivity index (χ1v) is 9.24. The van der Waals surface area contributed by atoms with E-state index in [2.05, 4.69) is 5.32 Å². The number of amides is 1. The van der Waals surface area contributed by atoms with Crippen LogP contribution >= 0.6 is 11.6 Å². The van der Waals surface area contributed by atoms with E-state index in [9.17, 15) is 9.59 Å². The smallest absolute Gasteiger partial charge is 0.306 e. The van der Waals surface area contributed by atoms with Gasteiger partial charge < -0.3 is 19.5 Å². The zero-order valence-corrected chi connectivity index (χ0v) is 16.9. The molecular weight excluding hydrogens is 382 g/mol. The summed E-state index contributed by atoms with van der Waals surface area (Å²) in [6.07, 6.45) is -0.273. The van der Waals surface area contributed by atoms with Gasteiger partial charge in [-0.05, 0) is 42.7 Å². The molecule has 150 valence electrons. The van der Waals surface area contributed by atoms with Crippen LogP contribution in [0.25, 0.3) is 0 Å². The number of hydrogen-bond acceptors (Lipinski definition) is 5. The molecule has 0 aromatic heterocycles. The molecule has 0 aliphatic carbocycles. The SMILES string of the molecule is COc1ccc(CCC(=O)O[C@H](C)C(=O)NCc2ccccc2Cl)cc1OC. The number of rotatable bonds is 9. The second-order valence-electron chi connectivity index (χ2n) is 6.13. The topological polar surface area (TPSA) is 73.9 Å². The Kier molecular flexibility index (Phi) is 8.14. The highest BCUT2D eigenvalue weighted by Gasteiger charge is 2.18. The Morgan fingerprint density at radius 1 is 1.07 bits per heavy atom. The van der Waals surface area contributed by atoms with Gasteiger partial charge in [0.25, 0.3) is 5.91 Å². The Bertz CT molecular complexity index is 824. The second kappa shape index (κ2) is 10.6. The van der Waals surface area contributed by atoms with Crippen LogP contribution in [-0.2, 0) is 27.3 Å². The number of carbonyl (C=O) groups excluding carboxylic acids is 2. The Morgan fingerprint density at radius 3 is 2.46 bits per heavy atom. The number of nitrogens with one attached hydrogen (secondary N) is 1. The Labute approximate surface area is 169 Å². The van der Waals surface area contributed by atoms with Crippen molar-refractivity contribution in [2.45, 2.75) is 32.4 Å². The molecule has 0 unspecified atom stereocenters. The van der Waals surface area contributed by atoms with Gasteiger partial charge in [0, 0.05) is 18.0 Å². The number of benzene rings is 2. The molecule has 2 aromatic rings. The molecule has 0 fully saturated rings. The van der Waals surface area contributed by atoms with Crippen molar-refractivity contribution < 1.29 is 23.8 Å². The fourth-order valence-corrected chi connectivity index (χ4v) is 2.76. The van der Waals surface area contributed by atoms with Gasteiger partial charge in [-0.25, -0.2) is 0 Å². The van der Waals surface area contributed by atoms with Crippen molar-refractivity contribution in [2.24, 2.45) is 0 Å². The van der Waals surface area contributed by atoms with Crippen molar-refractivity contribution in [3.05, 3.63) is 58.6 Å². The lowest BCUT2D eigenvalue weighted by atomic mass is 10.1. The van der Waals surface area contributed by atoms with Gasteiger partial charge in [0.1, 0.15) is 0 Å². The van der Waals surface area contributed by atoms with Crippen LogP contribution in [0.1, 0.15) is 24.5 Å². The highest BCUT2D eigenvalue weighted by atomic mass is 35.5. The van der Waals surface area contributed by atoms with E-state index in [4.69, 9.17) is 25.8 Å². The molecule has 2 rings (SSSR count). The quantitative estimate of drug-likeness (QED) is 0.646. The maximum Gasteiger partial charge on any atom is 0.306 e. The molecule has 0 aliphatic heterocycles. The normalized spacial score (nSPS) is 11.4. The number of esters is 1. The first-order chi connectivity index (χ1) is 13.4. The van der Waals surface area contributed by atoms with E-state index in [0.717, 1.165) is 11.1 Å². The lowest BCUT2D eigenvalue weighted by Crippen LogP contribution is -2.35. The highest BCUT2D eigenvalue weighted by Crippen LogP contribution is 2.28. The molecule has 1 amide bonds. The summed E-state index contributed by atoms with van der Waals surface area (Å²) >= 11 is 6.06. The fourth-order valence-electron chi connectivity index (χ4n) is 2.56. The van der Waals surface area contributed by atoms with Crippen molar-refractivity contribution in [1.82, 2.24) is 5.32 Å². The van der Waals surface area contributed by atoms with Gasteiger partial charge in [0.2, 0.25) is 0 Å². The molecule has 0 saturated heterocycles. The predicted molar refractivity (Wildman–Crippen MR) is 107 cm³/mol. The summed E-state index contributed by atoms with van der Waals surface area (Å²) in [4.78, 5) is 24.2. The Morgan fingerprint density at radius 2 is 1.79 bits per heavy atom. The van der Waals surface area contributed by atoms with E-state index >= 15 is 0 Å². The van der Waals surface area contributed by atoms with Gasteiger partial charge in [-0.15, -0.1) is 0 Å². The van der Waals surface area contributed by atoms with Gasteiger partial charge in [0.05, 0.1) is 14.2 Å². The summed E-state index contributed by atoms with van der Waals surface area (Å²) in [7, 11) is 3.12. The molecule has 0 aliphatic rings. The Hall–Kier alpha value is -2.73. The van der Waals surface area contributed by atoms with Crippen LogP contribution in [0.4, 0.5) is 0 Å². The predicted octanol–water partition coefficient (Wildman–Crippen LogP) is 3.54. The molecule has 0 saturated carbocycles.